The number of nitrogens with one attached hydrogen (secondary N) is 1. The Labute approximate surface area is 169 Å². The van der Waals surface area contributed by atoms with E-state index in [1.54, 1.807) is 29.6 Å². The number of rotatable bonds is 6. The zero-order valence-corrected chi connectivity index (χ0v) is 16.9. The van der Waals surface area contributed by atoms with Crippen molar-refractivity contribution in [2.24, 2.45) is 7.05 Å². The van der Waals surface area contributed by atoms with E-state index in [4.69, 9.17) is 4.74 Å². The molecule has 3 heterocycles. The number of carbonyl (C=O) groups excluding carboxylic acids is 1. The van der Waals surface area contributed by atoms with Gasteiger partial charge in [-0.1, -0.05) is 12.1 Å². The third kappa shape index (κ3) is 4.10. The molecule has 0 bridgehead atoms. The fourth-order valence-corrected chi connectivity index (χ4v) is 4.21. The number of benzene rings is 1. The molecule has 1 aromatic carbocycles. The van der Waals surface area contributed by atoms with Crippen LogP contribution in [0.2, 0.25) is 0 Å². The van der Waals surface area contributed by atoms with E-state index < -0.39 is 0 Å². The molecule has 4 aromatic rings. The summed E-state index contributed by atoms with van der Waals surface area (Å²) in [5, 5.41) is 10.0. The number of hydrogen-bond donors (Lipinski definition) is 1. The number of nitrogens with zero attached hydrogens (tertiary/aromatic N) is 4. The lowest BCUT2D eigenvalue weighted by atomic mass is 10.1. The van der Waals surface area contributed by atoms with E-state index in [-0.39, 0.29) is 5.91 Å². The van der Waals surface area contributed by atoms with Gasteiger partial charge in [0.05, 0.1) is 13.3 Å². The van der Waals surface area contributed by atoms with Gasteiger partial charge in [0.25, 0.3) is 5.91 Å². The zero-order valence-electron chi connectivity index (χ0n) is 15.2. The van der Waals surface area contributed by atoms with Gasteiger partial charge in [0.2, 0.25) is 0 Å². The van der Waals surface area contributed by atoms with Crippen molar-refractivity contribution >= 4 is 33.7 Å². The van der Waals surface area contributed by atoms with Crippen molar-refractivity contribution in [3.05, 3.63) is 64.4 Å². The van der Waals surface area contributed by atoms with Crippen molar-refractivity contribution in [2.45, 2.75) is 6.42 Å². The minimum atomic E-state index is -0.267. The number of anilines is 1. The number of aryl methyl sites for hydroxylation is 1. The summed E-state index contributed by atoms with van der Waals surface area (Å²) in [4.78, 5) is 22.2. The molecule has 0 saturated carbocycles. The standard InChI is InChI=1S/C19H17N5O2S2/c1-24-10-13(8-21-24)18-22-16(11-27-18)17(25)23-19-20-9-15(28-19)7-12-3-5-14(26-2)6-4-12/h3-6,8-11H,7H2,1-2H3,(H,20,23,25). The molecule has 28 heavy (non-hydrogen) atoms. The van der Waals surface area contributed by atoms with Gasteiger partial charge >= 0.3 is 0 Å². The Bertz CT molecular complexity index is 1100. The predicted octanol–water partition coefficient (Wildman–Crippen LogP) is 3.85. The van der Waals surface area contributed by atoms with E-state index in [1.165, 1.54) is 22.7 Å². The van der Waals surface area contributed by atoms with E-state index in [2.05, 4.69) is 20.4 Å². The Balaban J connectivity index is 1.40. The summed E-state index contributed by atoms with van der Waals surface area (Å²) in [6.45, 7) is 0. The molecule has 0 fully saturated rings. The van der Waals surface area contributed by atoms with Crippen LogP contribution in [0.3, 0.4) is 0 Å². The highest BCUT2D eigenvalue weighted by molar-refractivity contribution is 7.15. The SMILES string of the molecule is COc1ccc(Cc2cnc(NC(=O)c3csc(-c4cnn(C)c4)n3)s2)cc1. The molecule has 4 rings (SSSR count). The topological polar surface area (TPSA) is 81.9 Å². The van der Waals surface area contributed by atoms with E-state index in [0.717, 1.165) is 33.2 Å². The number of methoxy groups -OCH3 is 1. The van der Waals surface area contributed by atoms with E-state index in [1.807, 2.05) is 37.5 Å². The second-order valence-corrected chi connectivity index (χ2v) is 8.02. The van der Waals surface area contributed by atoms with Gasteiger partial charge in [0, 0.05) is 41.7 Å². The minimum absolute atomic E-state index is 0.267. The van der Waals surface area contributed by atoms with Crippen LogP contribution in [0.25, 0.3) is 10.6 Å². The highest BCUT2D eigenvalue weighted by atomic mass is 32.1. The number of thiazole rings is 2. The number of carbonyl (C=O) groups is 1. The van der Waals surface area contributed by atoms with Crippen molar-refractivity contribution in [1.82, 2.24) is 19.7 Å². The Kier molecular flexibility index (Phi) is 5.18. The predicted molar refractivity (Wildman–Crippen MR) is 110 cm³/mol. The van der Waals surface area contributed by atoms with Crippen LogP contribution in [-0.4, -0.2) is 32.8 Å². The molecule has 0 spiro atoms. The molecule has 1 amide bonds. The zero-order chi connectivity index (χ0) is 19.5. The second-order valence-electron chi connectivity index (χ2n) is 6.05. The first kappa shape index (κ1) is 18.3. The summed E-state index contributed by atoms with van der Waals surface area (Å²) < 4.78 is 6.88. The molecule has 0 aliphatic heterocycles. The van der Waals surface area contributed by atoms with E-state index >= 15 is 0 Å². The van der Waals surface area contributed by atoms with Crippen LogP contribution in [0.4, 0.5) is 5.13 Å². The number of ether oxygens (including phenoxy) is 1. The molecular weight excluding hydrogens is 394 g/mol. The average molecular weight is 412 g/mol. The maximum Gasteiger partial charge on any atom is 0.276 e. The summed E-state index contributed by atoms with van der Waals surface area (Å²) in [7, 11) is 3.49. The molecule has 0 atom stereocenters. The van der Waals surface area contributed by atoms with Gasteiger partial charge in [0.1, 0.15) is 16.5 Å². The fraction of sp³-hybridized carbons (Fsp3) is 0.158. The largest absolute Gasteiger partial charge is 0.497 e. The van der Waals surface area contributed by atoms with E-state index in [0.29, 0.717) is 10.8 Å². The van der Waals surface area contributed by atoms with Gasteiger partial charge in [0.15, 0.2) is 5.13 Å². The summed E-state index contributed by atoms with van der Waals surface area (Å²) >= 11 is 2.87. The number of aromatic nitrogens is 4. The molecule has 0 aliphatic rings. The lowest BCUT2D eigenvalue weighted by Crippen LogP contribution is -2.11. The summed E-state index contributed by atoms with van der Waals surface area (Å²) in [6, 6.07) is 7.90. The van der Waals surface area contributed by atoms with Crippen LogP contribution < -0.4 is 10.1 Å². The maximum absolute atomic E-state index is 12.5. The van der Waals surface area contributed by atoms with Crippen molar-refractivity contribution in [2.75, 3.05) is 12.4 Å². The minimum Gasteiger partial charge on any atom is -0.497 e. The van der Waals surface area contributed by atoms with Gasteiger partial charge in [-0.2, -0.15) is 5.10 Å². The first-order valence-corrected chi connectivity index (χ1v) is 10.1. The smallest absolute Gasteiger partial charge is 0.276 e. The second kappa shape index (κ2) is 7.91. The van der Waals surface area contributed by atoms with Crippen molar-refractivity contribution < 1.29 is 9.53 Å². The van der Waals surface area contributed by atoms with Gasteiger partial charge in [-0.15, -0.1) is 22.7 Å². The van der Waals surface area contributed by atoms with Gasteiger partial charge in [-0.05, 0) is 17.7 Å². The van der Waals surface area contributed by atoms with Crippen LogP contribution >= 0.6 is 22.7 Å². The van der Waals surface area contributed by atoms with Crippen LogP contribution in [0, 0.1) is 0 Å². The highest BCUT2D eigenvalue weighted by Crippen LogP contribution is 2.25. The summed E-state index contributed by atoms with van der Waals surface area (Å²) in [6.07, 6.45) is 6.13. The van der Waals surface area contributed by atoms with Crippen LogP contribution in [0.1, 0.15) is 20.9 Å². The molecule has 7 nitrogen and oxygen atoms in total. The molecule has 0 aliphatic carbocycles. The first-order chi connectivity index (χ1) is 13.6. The lowest BCUT2D eigenvalue weighted by molar-refractivity contribution is 0.102. The Morgan fingerprint density at radius 3 is 2.79 bits per heavy atom. The quantitative estimate of drug-likeness (QED) is 0.521. The average Bonchev–Trinajstić information content (AvgIpc) is 3.43. The van der Waals surface area contributed by atoms with Crippen molar-refractivity contribution in [3.8, 4) is 16.3 Å². The summed E-state index contributed by atoms with van der Waals surface area (Å²) in [5.41, 5.74) is 2.42. The van der Waals surface area contributed by atoms with Crippen molar-refractivity contribution in [1.29, 1.82) is 0 Å². The van der Waals surface area contributed by atoms with Crippen LogP contribution in [-0.2, 0) is 13.5 Å². The Hall–Kier alpha value is -3.04. The van der Waals surface area contributed by atoms with Crippen LogP contribution in [0.15, 0.2) is 48.2 Å². The first-order valence-electron chi connectivity index (χ1n) is 8.44. The normalized spacial score (nSPS) is 10.8. The molecule has 9 heteroatoms. The third-order valence-corrected chi connectivity index (χ3v) is 5.80. The Morgan fingerprint density at radius 1 is 1.25 bits per heavy atom. The number of hydrogen-bond acceptors (Lipinski definition) is 7. The number of amides is 1. The third-order valence-electron chi connectivity index (χ3n) is 4.00. The Morgan fingerprint density at radius 2 is 2.07 bits per heavy atom. The molecule has 0 radical (unpaired) electrons. The van der Waals surface area contributed by atoms with E-state index in [9.17, 15) is 4.79 Å². The monoisotopic (exact) mass is 411 g/mol. The maximum atomic E-state index is 12.5. The molecule has 1 N–H and O–H groups in total. The van der Waals surface area contributed by atoms with Crippen molar-refractivity contribution in [3.63, 3.8) is 0 Å². The summed E-state index contributed by atoms with van der Waals surface area (Å²) in [5.74, 6) is 0.562. The fourth-order valence-electron chi connectivity index (χ4n) is 2.60. The van der Waals surface area contributed by atoms with Crippen LogP contribution in [0.5, 0.6) is 5.75 Å². The molecular formula is C19H17N5O2S2. The lowest BCUT2D eigenvalue weighted by Gasteiger charge is -2.01. The molecule has 142 valence electrons. The van der Waals surface area contributed by atoms with Gasteiger partial charge < -0.3 is 4.74 Å². The van der Waals surface area contributed by atoms with Gasteiger partial charge in [-0.25, -0.2) is 9.97 Å². The van der Waals surface area contributed by atoms with Gasteiger partial charge in [-0.3, -0.25) is 14.8 Å². The molecule has 0 saturated heterocycles. The molecule has 0 unspecified atom stereocenters. The highest BCUT2D eigenvalue weighted by Gasteiger charge is 2.14. The molecule has 3 aromatic heterocycles.